The van der Waals surface area contributed by atoms with Gasteiger partial charge in [0, 0.05) is 6.61 Å². The van der Waals surface area contributed by atoms with E-state index in [0.29, 0.717) is 13.2 Å². The molecule has 0 unspecified atom stereocenters. The van der Waals surface area contributed by atoms with Gasteiger partial charge in [0.05, 0.1) is 18.8 Å². The van der Waals surface area contributed by atoms with Crippen LogP contribution in [0, 0.1) is 0 Å². The minimum absolute atomic E-state index is 0.282. The van der Waals surface area contributed by atoms with E-state index in [1.807, 2.05) is 6.92 Å². The van der Waals surface area contributed by atoms with Crippen LogP contribution in [0.5, 0.6) is 5.75 Å². The van der Waals surface area contributed by atoms with Gasteiger partial charge in [-0.25, -0.2) is 4.79 Å². The first-order valence-corrected chi connectivity index (χ1v) is 8.28. The van der Waals surface area contributed by atoms with Crippen molar-refractivity contribution in [2.24, 2.45) is 0 Å². The lowest BCUT2D eigenvalue weighted by molar-refractivity contribution is 0.0697. The van der Waals surface area contributed by atoms with Crippen LogP contribution in [0.25, 0.3) is 0 Å². The molecule has 1 rings (SSSR count). The molecule has 0 saturated heterocycles. The number of carboxylic acid groups (broad SMARTS) is 1. The monoisotopic (exact) mass is 320 g/mol. The summed E-state index contributed by atoms with van der Waals surface area (Å²) in [7, 11) is 0. The summed E-state index contributed by atoms with van der Waals surface area (Å²) in [5, 5.41) is 8.81. The Bertz CT molecular complexity index is 465. The van der Waals surface area contributed by atoms with Crippen LogP contribution in [0.2, 0.25) is 0 Å². The highest BCUT2D eigenvalue weighted by molar-refractivity contribution is 5.87. The summed E-state index contributed by atoms with van der Waals surface area (Å²) in [4.78, 5) is 10.7. The molecule has 0 saturated carbocycles. The molecule has 4 nitrogen and oxygen atoms in total. The first-order valence-electron chi connectivity index (χ1n) is 8.28. The fraction of sp³-hybridized carbons (Fsp3) is 0.526. The van der Waals surface area contributed by atoms with Gasteiger partial charge in [0.2, 0.25) is 0 Å². The lowest BCUT2D eigenvalue weighted by Gasteiger charge is -2.06. The Hall–Kier alpha value is -1.81. The second-order valence-electron chi connectivity index (χ2n) is 5.81. The van der Waals surface area contributed by atoms with Gasteiger partial charge in [-0.15, -0.1) is 0 Å². The molecule has 128 valence electrons. The SMILES string of the molecule is C=C(C)COCCCCCCCCOc1ccc(C(=O)O)cc1. The lowest BCUT2D eigenvalue weighted by atomic mass is 10.1. The van der Waals surface area contributed by atoms with E-state index < -0.39 is 5.97 Å². The Morgan fingerprint density at radius 2 is 1.57 bits per heavy atom. The Morgan fingerprint density at radius 1 is 1.00 bits per heavy atom. The average Bonchev–Trinajstić information content (AvgIpc) is 2.52. The highest BCUT2D eigenvalue weighted by Crippen LogP contribution is 2.13. The standard InChI is InChI=1S/C19H28O4/c1-16(2)15-22-13-7-5-3-4-6-8-14-23-18-11-9-17(10-12-18)19(20)21/h9-12H,1,3-8,13-15H2,2H3,(H,20,21). The molecule has 0 aliphatic carbocycles. The summed E-state index contributed by atoms with van der Waals surface area (Å²) in [6, 6.07) is 6.53. The average molecular weight is 320 g/mol. The van der Waals surface area contributed by atoms with Gasteiger partial charge in [-0.3, -0.25) is 0 Å². The summed E-state index contributed by atoms with van der Waals surface area (Å²) in [6.45, 7) is 7.94. The summed E-state index contributed by atoms with van der Waals surface area (Å²) in [5.74, 6) is -0.189. The molecule has 0 aliphatic rings. The number of hydrogen-bond donors (Lipinski definition) is 1. The molecule has 0 heterocycles. The normalized spacial score (nSPS) is 10.5. The van der Waals surface area contributed by atoms with Gasteiger partial charge >= 0.3 is 5.97 Å². The fourth-order valence-corrected chi connectivity index (χ4v) is 2.14. The summed E-state index contributed by atoms with van der Waals surface area (Å²) in [6.07, 6.45) is 6.92. The van der Waals surface area contributed by atoms with E-state index in [2.05, 4.69) is 6.58 Å². The molecule has 0 aromatic heterocycles. The Kier molecular flexibility index (Phi) is 9.80. The summed E-state index contributed by atoms with van der Waals surface area (Å²) >= 11 is 0. The Labute approximate surface area is 139 Å². The minimum atomic E-state index is -0.915. The third-order valence-corrected chi connectivity index (χ3v) is 3.40. The van der Waals surface area contributed by atoms with Gasteiger partial charge in [-0.1, -0.05) is 37.8 Å². The van der Waals surface area contributed by atoms with E-state index in [1.54, 1.807) is 24.3 Å². The molecule has 4 heteroatoms. The molecule has 0 fully saturated rings. The van der Waals surface area contributed by atoms with Crippen LogP contribution in [0.15, 0.2) is 36.4 Å². The maximum atomic E-state index is 10.7. The van der Waals surface area contributed by atoms with E-state index in [0.717, 1.165) is 37.2 Å². The number of unbranched alkanes of at least 4 members (excludes halogenated alkanes) is 5. The van der Waals surface area contributed by atoms with Crippen molar-refractivity contribution in [1.82, 2.24) is 0 Å². The van der Waals surface area contributed by atoms with Crippen molar-refractivity contribution >= 4 is 5.97 Å². The van der Waals surface area contributed by atoms with Crippen LogP contribution < -0.4 is 4.74 Å². The third-order valence-electron chi connectivity index (χ3n) is 3.40. The van der Waals surface area contributed by atoms with Gasteiger partial charge in [-0.05, 0) is 44.0 Å². The van der Waals surface area contributed by atoms with E-state index >= 15 is 0 Å². The number of carboxylic acids is 1. The molecule has 0 bridgehead atoms. The van der Waals surface area contributed by atoms with E-state index in [4.69, 9.17) is 14.6 Å². The largest absolute Gasteiger partial charge is 0.494 e. The van der Waals surface area contributed by atoms with Gasteiger partial charge in [0.1, 0.15) is 5.75 Å². The van der Waals surface area contributed by atoms with Gasteiger partial charge < -0.3 is 14.6 Å². The zero-order chi connectivity index (χ0) is 16.9. The number of carbonyl (C=O) groups is 1. The van der Waals surface area contributed by atoms with E-state index in [9.17, 15) is 4.79 Å². The maximum Gasteiger partial charge on any atom is 0.335 e. The van der Waals surface area contributed by atoms with E-state index in [-0.39, 0.29) is 5.56 Å². The molecule has 0 radical (unpaired) electrons. The molecule has 1 N–H and O–H groups in total. The summed E-state index contributed by atoms with van der Waals surface area (Å²) in [5.41, 5.74) is 1.35. The Balaban J connectivity index is 1.93. The molecular formula is C19H28O4. The molecule has 0 aliphatic heterocycles. The molecule has 23 heavy (non-hydrogen) atoms. The van der Waals surface area contributed by atoms with Crippen LogP contribution in [0.3, 0.4) is 0 Å². The molecule has 1 aromatic rings. The van der Waals surface area contributed by atoms with Crippen LogP contribution in [0.1, 0.15) is 55.8 Å². The van der Waals surface area contributed by atoms with Gasteiger partial charge in [-0.2, -0.15) is 0 Å². The van der Waals surface area contributed by atoms with Gasteiger partial charge in [0.15, 0.2) is 0 Å². The molecule has 0 spiro atoms. The topological polar surface area (TPSA) is 55.8 Å². The van der Waals surface area contributed by atoms with Crippen molar-refractivity contribution in [3.63, 3.8) is 0 Å². The second-order valence-corrected chi connectivity index (χ2v) is 5.81. The molecule has 1 aromatic carbocycles. The Morgan fingerprint density at radius 3 is 2.13 bits per heavy atom. The van der Waals surface area contributed by atoms with Crippen molar-refractivity contribution in [2.45, 2.75) is 45.4 Å². The van der Waals surface area contributed by atoms with Crippen molar-refractivity contribution in [3.8, 4) is 5.75 Å². The predicted molar refractivity (Wildman–Crippen MR) is 92.2 cm³/mol. The zero-order valence-corrected chi connectivity index (χ0v) is 14.1. The number of hydrogen-bond acceptors (Lipinski definition) is 3. The van der Waals surface area contributed by atoms with Crippen LogP contribution in [0.4, 0.5) is 0 Å². The van der Waals surface area contributed by atoms with E-state index in [1.165, 1.54) is 19.3 Å². The highest BCUT2D eigenvalue weighted by atomic mass is 16.5. The summed E-state index contributed by atoms with van der Waals surface area (Å²) < 4.78 is 11.1. The van der Waals surface area contributed by atoms with Crippen molar-refractivity contribution in [2.75, 3.05) is 19.8 Å². The number of benzene rings is 1. The zero-order valence-electron chi connectivity index (χ0n) is 14.1. The highest BCUT2D eigenvalue weighted by Gasteiger charge is 2.01. The lowest BCUT2D eigenvalue weighted by Crippen LogP contribution is -1.99. The van der Waals surface area contributed by atoms with Crippen LogP contribution in [-0.2, 0) is 4.74 Å². The number of aromatic carboxylic acids is 1. The fourth-order valence-electron chi connectivity index (χ4n) is 2.14. The van der Waals surface area contributed by atoms with Crippen molar-refractivity contribution in [1.29, 1.82) is 0 Å². The quantitative estimate of drug-likeness (QED) is 0.423. The molecule has 0 atom stereocenters. The van der Waals surface area contributed by atoms with Crippen molar-refractivity contribution < 1.29 is 19.4 Å². The van der Waals surface area contributed by atoms with Crippen molar-refractivity contribution in [3.05, 3.63) is 42.0 Å². The predicted octanol–water partition coefficient (Wildman–Crippen LogP) is 4.70. The molecular weight excluding hydrogens is 292 g/mol. The number of rotatable bonds is 13. The smallest absolute Gasteiger partial charge is 0.335 e. The third kappa shape index (κ3) is 9.74. The maximum absolute atomic E-state index is 10.7. The first kappa shape index (κ1) is 19.2. The van der Waals surface area contributed by atoms with Gasteiger partial charge in [0.25, 0.3) is 0 Å². The van der Waals surface area contributed by atoms with Crippen LogP contribution in [-0.4, -0.2) is 30.9 Å². The van der Waals surface area contributed by atoms with Crippen LogP contribution >= 0.6 is 0 Å². The second kappa shape index (κ2) is 11.7. The first-order chi connectivity index (χ1) is 11.1. The minimum Gasteiger partial charge on any atom is -0.494 e. The number of ether oxygens (including phenoxy) is 2. The molecule has 0 amide bonds.